The fraction of sp³-hybridized carbons (Fsp3) is 0.0588. The number of carbonyl (C=O) groups excluding carboxylic acids is 1. The van der Waals surface area contributed by atoms with E-state index in [4.69, 9.17) is 5.73 Å². The second-order valence-corrected chi connectivity index (χ2v) is 4.86. The number of ketones is 1. The second kappa shape index (κ2) is 5.25. The summed E-state index contributed by atoms with van der Waals surface area (Å²) in [6.45, 7) is 1.56. The van der Waals surface area contributed by atoms with Crippen LogP contribution in [0.15, 0.2) is 54.6 Å². The molecule has 2 aromatic carbocycles. The molecular formula is C17H15N3O. The quantitative estimate of drug-likeness (QED) is 0.568. The second-order valence-electron chi connectivity index (χ2n) is 4.86. The van der Waals surface area contributed by atoms with Crippen molar-refractivity contribution in [2.24, 2.45) is 0 Å². The Labute approximate surface area is 122 Å². The van der Waals surface area contributed by atoms with Crippen LogP contribution in [0.3, 0.4) is 0 Å². The van der Waals surface area contributed by atoms with Gasteiger partial charge in [0.2, 0.25) is 0 Å². The Hall–Kier alpha value is -2.88. The number of rotatable bonds is 3. The van der Waals surface area contributed by atoms with Crippen LogP contribution in [0.5, 0.6) is 0 Å². The van der Waals surface area contributed by atoms with E-state index in [1.165, 1.54) is 0 Å². The minimum atomic E-state index is 0.0226. The summed E-state index contributed by atoms with van der Waals surface area (Å²) in [5.41, 5.74) is 10.6. The highest BCUT2D eigenvalue weighted by Gasteiger charge is 2.12. The van der Waals surface area contributed by atoms with Gasteiger partial charge in [-0.05, 0) is 19.1 Å². The van der Waals surface area contributed by atoms with Gasteiger partial charge in [-0.3, -0.25) is 9.89 Å². The molecule has 0 spiro atoms. The van der Waals surface area contributed by atoms with Crippen LogP contribution < -0.4 is 5.73 Å². The Kier molecular flexibility index (Phi) is 3.28. The monoisotopic (exact) mass is 277 g/mol. The Morgan fingerprint density at radius 2 is 1.71 bits per heavy atom. The van der Waals surface area contributed by atoms with Crippen LogP contribution in [0, 0.1) is 0 Å². The SMILES string of the molecule is CC(=O)c1ccccc1-c1cc(-c2ccccc2N)[nH]n1. The van der Waals surface area contributed by atoms with Gasteiger partial charge in [-0.15, -0.1) is 0 Å². The van der Waals surface area contributed by atoms with E-state index in [0.717, 1.165) is 22.5 Å². The zero-order valence-electron chi connectivity index (χ0n) is 11.6. The number of hydrogen-bond acceptors (Lipinski definition) is 3. The molecular weight excluding hydrogens is 262 g/mol. The largest absolute Gasteiger partial charge is 0.398 e. The van der Waals surface area contributed by atoms with Crippen molar-refractivity contribution in [3.8, 4) is 22.5 Å². The lowest BCUT2D eigenvalue weighted by Gasteiger charge is -2.03. The molecule has 1 aromatic heterocycles. The highest BCUT2D eigenvalue weighted by atomic mass is 16.1. The van der Waals surface area contributed by atoms with Crippen LogP contribution in [-0.4, -0.2) is 16.0 Å². The zero-order chi connectivity index (χ0) is 14.8. The molecule has 104 valence electrons. The Morgan fingerprint density at radius 1 is 1.05 bits per heavy atom. The molecule has 0 saturated heterocycles. The van der Waals surface area contributed by atoms with Crippen LogP contribution in [0.2, 0.25) is 0 Å². The molecule has 3 N–H and O–H groups in total. The van der Waals surface area contributed by atoms with E-state index in [1.54, 1.807) is 6.92 Å². The van der Waals surface area contributed by atoms with Gasteiger partial charge in [0.15, 0.2) is 5.78 Å². The summed E-state index contributed by atoms with van der Waals surface area (Å²) in [5.74, 6) is 0.0226. The molecule has 0 saturated carbocycles. The van der Waals surface area contributed by atoms with E-state index < -0.39 is 0 Å². The standard InChI is InChI=1S/C17H15N3O/c1-11(21)12-6-2-3-7-13(12)16-10-17(20-19-16)14-8-4-5-9-15(14)18/h2-10H,18H2,1H3,(H,19,20). The maximum Gasteiger partial charge on any atom is 0.160 e. The molecule has 4 heteroatoms. The van der Waals surface area contributed by atoms with Gasteiger partial charge >= 0.3 is 0 Å². The number of Topliss-reactive ketones (excluding diaryl/α,β-unsaturated/α-hetero) is 1. The highest BCUT2D eigenvalue weighted by molar-refractivity contribution is 6.00. The molecule has 0 aliphatic heterocycles. The number of nitrogens with one attached hydrogen (secondary N) is 1. The number of H-pyrrole nitrogens is 1. The lowest BCUT2D eigenvalue weighted by Crippen LogP contribution is -1.95. The maximum atomic E-state index is 11.7. The average molecular weight is 277 g/mol. The molecule has 0 amide bonds. The number of nitrogens with two attached hydrogens (primary N) is 1. The minimum Gasteiger partial charge on any atom is -0.398 e. The van der Waals surface area contributed by atoms with Gasteiger partial charge in [-0.1, -0.05) is 42.5 Å². The van der Waals surface area contributed by atoms with E-state index >= 15 is 0 Å². The molecule has 0 atom stereocenters. The summed E-state index contributed by atoms with van der Waals surface area (Å²) in [6.07, 6.45) is 0. The Morgan fingerprint density at radius 3 is 2.43 bits per heavy atom. The van der Waals surface area contributed by atoms with Crippen LogP contribution >= 0.6 is 0 Å². The third-order valence-corrected chi connectivity index (χ3v) is 3.41. The first-order valence-electron chi connectivity index (χ1n) is 6.67. The molecule has 0 aliphatic rings. The van der Waals surface area contributed by atoms with E-state index in [2.05, 4.69) is 10.2 Å². The van der Waals surface area contributed by atoms with Crippen molar-refractivity contribution in [1.29, 1.82) is 0 Å². The summed E-state index contributed by atoms with van der Waals surface area (Å²) in [7, 11) is 0. The van der Waals surface area contributed by atoms with E-state index in [0.29, 0.717) is 11.3 Å². The van der Waals surface area contributed by atoms with E-state index in [1.807, 2.05) is 54.6 Å². The van der Waals surface area contributed by atoms with Crippen molar-refractivity contribution < 1.29 is 4.79 Å². The molecule has 21 heavy (non-hydrogen) atoms. The smallest absolute Gasteiger partial charge is 0.160 e. The first-order chi connectivity index (χ1) is 10.2. The lowest BCUT2D eigenvalue weighted by molar-refractivity contribution is 0.101. The number of para-hydroxylation sites is 1. The zero-order valence-corrected chi connectivity index (χ0v) is 11.6. The topological polar surface area (TPSA) is 71.8 Å². The van der Waals surface area contributed by atoms with Crippen molar-refractivity contribution in [2.75, 3.05) is 5.73 Å². The molecule has 0 unspecified atom stereocenters. The van der Waals surface area contributed by atoms with Gasteiger partial charge in [0.1, 0.15) is 0 Å². The first-order valence-corrected chi connectivity index (χ1v) is 6.67. The number of anilines is 1. The number of nitrogens with zero attached hydrogens (tertiary/aromatic N) is 1. The van der Waals surface area contributed by atoms with Crippen LogP contribution in [0.25, 0.3) is 22.5 Å². The molecule has 4 nitrogen and oxygen atoms in total. The molecule has 3 rings (SSSR count). The van der Waals surface area contributed by atoms with Crippen molar-refractivity contribution >= 4 is 11.5 Å². The van der Waals surface area contributed by atoms with E-state index in [-0.39, 0.29) is 5.78 Å². The van der Waals surface area contributed by atoms with Crippen molar-refractivity contribution in [3.63, 3.8) is 0 Å². The van der Waals surface area contributed by atoms with Gasteiger partial charge in [-0.2, -0.15) is 5.10 Å². The fourth-order valence-electron chi connectivity index (χ4n) is 2.35. The summed E-state index contributed by atoms with van der Waals surface area (Å²) >= 11 is 0. The van der Waals surface area contributed by atoms with Gasteiger partial charge < -0.3 is 5.73 Å². The first kappa shape index (κ1) is 13.1. The summed E-state index contributed by atoms with van der Waals surface area (Å²) in [5, 5.41) is 7.30. The molecule has 0 fully saturated rings. The predicted molar refractivity (Wildman–Crippen MR) is 83.9 cm³/mol. The van der Waals surface area contributed by atoms with E-state index in [9.17, 15) is 4.79 Å². The van der Waals surface area contributed by atoms with Crippen LogP contribution in [0.1, 0.15) is 17.3 Å². The van der Waals surface area contributed by atoms with Crippen molar-refractivity contribution in [1.82, 2.24) is 10.2 Å². The number of hydrogen-bond donors (Lipinski definition) is 2. The number of benzene rings is 2. The molecule has 0 radical (unpaired) electrons. The minimum absolute atomic E-state index is 0.0226. The highest BCUT2D eigenvalue weighted by Crippen LogP contribution is 2.29. The number of nitrogen functional groups attached to an aromatic ring is 1. The Bertz CT molecular complexity index is 805. The molecule has 1 heterocycles. The van der Waals surface area contributed by atoms with Gasteiger partial charge in [-0.25, -0.2) is 0 Å². The normalized spacial score (nSPS) is 10.5. The lowest BCUT2D eigenvalue weighted by atomic mass is 10.0. The Balaban J connectivity index is 2.08. The van der Waals surface area contributed by atoms with Gasteiger partial charge in [0.25, 0.3) is 0 Å². The summed E-state index contributed by atoms with van der Waals surface area (Å²) in [4.78, 5) is 11.7. The van der Waals surface area contributed by atoms with Gasteiger partial charge in [0.05, 0.1) is 11.4 Å². The summed E-state index contributed by atoms with van der Waals surface area (Å²) in [6, 6.07) is 17.0. The van der Waals surface area contributed by atoms with Crippen molar-refractivity contribution in [3.05, 3.63) is 60.2 Å². The van der Waals surface area contributed by atoms with Crippen LogP contribution in [0.4, 0.5) is 5.69 Å². The van der Waals surface area contributed by atoms with Crippen molar-refractivity contribution in [2.45, 2.75) is 6.92 Å². The molecule has 0 aliphatic carbocycles. The molecule has 3 aromatic rings. The fourth-order valence-corrected chi connectivity index (χ4v) is 2.35. The average Bonchev–Trinajstić information content (AvgIpc) is 2.97. The third-order valence-electron chi connectivity index (χ3n) is 3.41. The maximum absolute atomic E-state index is 11.7. The van der Waals surface area contributed by atoms with Gasteiger partial charge in [0, 0.05) is 22.4 Å². The number of carbonyl (C=O) groups is 1. The molecule has 0 bridgehead atoms. The summed E-state index contributed by atoms with van der Waals surface area (Å²) < 4.78 is 0. The number of aromatic nitrogens is 2. The third kappa shape index (κ3) is 2.43. The number of aromatic amines is 1. The van der Waals surface area contributed by atoms with Crippen LogP contribution in [-0.2, 0) is 0 Å². The predicted octanol–water partition coefficient (Wildman–Crippen LogP) is 3.53.